The van der Waals surface area contributed by atoms with Crippen molar-refractivity contribution in [2.24, 2.45) is 5.92 Å². The SMILES string of the molecule is COCCCNC(=O)c1ccccc1NC(=S)NC(=O)c1ccc(OCC(C)C)c(Br)c1. The summed E-state index contributed by atoms with van der Waals surface area (Å²) < 4.78 is 11.4. The van der Waals surface area contributed by atoms with Gasteiger partial charge in [-0.25, -0.2) is 0 Å². The highest BCUT2D eigenvalue weighted by molar-refractivity contribution is 9.10. The maximum absolute atomic E-state index is 12.6. The molecule has 9 heteroatoms. The van der Waals surface area contributed by atoms with Gasteiger partial charge in [0, 0.05) is 25.8 Å². The summed E-state index contributed by atoms with van der Waals surface area (Å²) in [5.41, 5.74) is 1.35. The minimum Gasteiger partial charge on any atom is -0.492 e. The molecule has 2 rings (SSSR count). The first-order chi connectivity index (χ1) is 15.3. The molecule has 0 aliphatic carbocycles. The molecule has 0 radical (unpaired) electrons. The molecular weight excluding hydrogens is 494 g/mol. The summed E-state index contributed by atoms with van der Waals surface area (Å²) in [6.07, 6.45) is 0.711. The molecule has 3 N–H and O–H groups in total. The van der Waals surface area contributed by atoms with E-state index in [4.69, 9.17) is 21.7 Å². The number of anilines is 1. The molecule has 32 heavy (non-hydrogen) atoms. The summed E-state index contributed by atoms with van der Waals surface area (Å²) in [5.74, 6) is 0.449. The van der Waals surface area contributed by atoms with Crippen molar-refractivity contribution in [2.75, 3.05) is 32.2 Å². The Morgan fingerprint density at radius 2 is 1.88 bits per heavy atom. The van der Waals surface area contributed by atoms with Crippen LogP contribution >= 0.6 is 28.1 Å². The number of para-hydroxylation sites is 1. The van der Waals surface area contributed by atoms with Gasteiger partial charge >= 0.3 is 0 Å². The third kappa shape index (κ3) is 8.22. The largest absolute Gasteiger partial charge is 0.492 e. The number of methoxy groups -OCH3 is 1. The van der Waals surface area contributed by atoms with Crippen molar-refractivity contribution in [1.82, 2.24) is 10.6 Å². The predicted octanol–water partition coefficient (Wildman–Crippen LogP) is 4.38. The first kappa shape index (κ1) is 25.8. The van der Waals surface area contributed by atoms with Crippen molar-refractivity contribution in [3.63, 3.8) is 0 Å². The molecule has 0 spiro atoms. The van der Waals surface area contributed by atoms with Gasteiger partial charge in [0.05, 0.1) is 22.3 Å². The second-order valence-corrected chi connectivity index (χ2v) is 8.67. The average Bonchev–Trinajstić information content (AvgIpc) is 2.75. The van der Waals surface area contributed by atoms with Crippen LogP contribution < -0.4 is 20.7 Å². The van der Waals surface area contributed by atoms with Gasteiger partial charge in [0.1, 0.15) is 5.75 Å². The number of carbonyl (C=O) groups excluding carboxylic acids is 2. The van der Waals surface area contributed by atoms with Crippen LogP contribution in [0.1, 0.15) is 41.0 Å². The van der Waals surface area contributed by atoms with Crippen LogP contribution in [0.5, 0.6) is 5.75 Å². The van der Waals surface area contributed by atoms with Crippen molar-refractivity contribution < 1.29 is 19.1 Å². The lowest BCUT2D eigenvalue weighted by Gasteiger charge is -2.14. The third-order valence-electron chi connectivity index (χ3n) is 4.22. The minimum absolute atomic E-state index is 0.0888. The standard InChI is InChI=1S/C23H28BrN3O4S/c1-15(2)14-31-20-10-9-16(13-18(20)24)21(28)27-23(32)26-19-8-5-4-7-17(19)22(29)25-11-6-12-30-3/h4-5,7-10,13,15H,6,11-12,14H2,1-3H3,(H,25,29)(H2,26,27,28,32). The number of nitrogens with one attached hydrogen (secondary N) is 3. The van der Waals surface area contributed by atoms with E-state index in [0.717, 1.165) is 0 Å². The Balaban J connectivity index is 1.98. The van der Waals surface area contributed by atoms with E-state index in [1.807, 2.05) is 0 Å². The van der Waals surface area contributed by atoms with Gasteiger partial charge < -0.3 is 20.1 Å². The van der Waals surface area contributed by atoms with Gasteiger partial charge in [-0.3, -0.25) is 14.9 Å². The van der Waals surface area contributed by atoms with Crippen LogP contribution in [0.4, 0.5) is 5.69 Å². The van der Waals surface area contributed by atoms with Crippen molar-refractivity contribution in [3.05, 3.63) is 58.1 Å². The Morgan fingerprint density at radius 1 is 1.12 bits per heavy atom. The van der Waals surface area contributed by atoms with Crippen LogP contribution in [0, 0.1) is 5.92 Å². The molecule has 0 bridgehead atoms. The van der Waals surface area contributed by atoms with E-state index >= 15 is 0 Å². The lowest BCUT2D eigenvalue weighted by atomic mass is 10.1. The van der Waals surface area contributed by atoms with E-state index in [2.05, 4.69) is 45.7 Å². The summed E-state index contributed by atoms with van der Waals surface area (Å²) in [5, 5.41) is 8.49. The first-order valence-corrected chi connectivity index (χ1v) is 11.4. The zero-order chi connectivity index (χ0) is 23.5. The van der Waals surface area contributed by atoms with Gasteiger partial charge in [0.15, 0.2) is 5.11 Å². The number of benzene rings is 2. The van der Waals surface area contributed by atoms with Crippen LogP contribution in [0.25, 0.3) is 0 Å². The fourth-order valence-electron chi connectivity index (χ4n) is 2.65. The number of hydrogen-bond acceptors (Lipinski definition) is 5. The number of carbonyl (C=O) groups is 2. The van der Waals surface area contributed by atoms with Gasteiger partial charge in [0.2, 0.25) is 0 Å². The number of rotatable bonds is 10. The van der Waals surface area contributed by atoms with Crippen LogP contribution in [0.15, 0.2) is 46.9 Å². The number of hydrogen-bond donors (Lipinski definition) is 3. The summed E-state index contributed by atoms with van der Waals surface area (Å²) in [4.78, 5) is 25.1. The van der Waals surface area contributed by atoms with Crippen LogP contribution in [0.3, 0.4) is 0 Å². The first-order valence-electron chi connectivity index (χ1n) is 10.2. The van der Waals surface area contributed by atoms with Crippen LogP contribution in [-0.2, 0) is 4.74 Å². The normalized spacial score (nSPS) is 10.5. The molecule has 2 aromatic rings. The molecule has 7 nitrogen and oxygen atoms in total. The van der Waals surface area contributed by atoms with Gasteiger partial charge in [-0.1, -0.05) is 26.0 Å². The molecule has 0 atom stereocenters. The summed E-state index contributed by atoms with van der Waals surface area (Å²) in [6.45, 7) is 5.77. The maximum atomic E-state index is 12.6. The molecule has 172 valence electrons. The van der Waals surface area contributed by atoms with Gasteiger partial charge in [-0.05, 0) is 70.8 Å². The fraction of sp³-hybridized carbons (Fsp3) is 0.348. The molecular formula is C23H28BrN3O4S. The maximum Gasteiger partial charge on any atom is 0.257 e. The Hall–Kier alpha value is -2.49. The summed E-state index contributed by atoms with van der Waals surface area (Å²) >= 11 is 8.72. The van der Waals surface area contributed by atoms with Crippen LogP contribution in [-0.4, -0.2) is 43.8 Å². The Morgan fingerprint density at radius 3 is 2.56 bits per heavy atom. The number of halogens is 1. The highest BCUT2D eigenvalue weighted by Gasteiger charge is 2.14. The second kappa shape index (κ2) is 13.1. The number of amides is 2. The van der Waals surface area contributed by atoms with Crippen LogP contribution in [0.2, 0.25) is 0 Å². The van der Waals surface area contributed by atoms with E-state index in [-0.39, 0.29) is 16.9 Å². The molecule has 0 aliphatic rings. The van der Waals surface area contributed by atoms with E-state index in [1.165, 1.54) is 0 Å². The molecule has 0 aliphatic heterocycles. The molecule has 0 heterocycles. The van der Waals surface area contributed by atoms with E-state index in [1.54, 1.807) is 49.6 Å². The van der Waals surface area contributed by atoms with Gasteiger partial charge in [0.25, 0.3) is 11.8 Å². The Kier molecular flexibility index (Phi) is 10.6. The van der Waals surface area contributed by atoms with E-state index in [0.29, 0.717) is 59.1 Å². The average molecular weight is 522 g/mol. The third-order valence-corrected chi connectivity index (χ3v) is 5.05. The molecule has 0 aromatic heterocycles. The summed E-state index contributed by atoms with van der Waals surface area (Å²) in [6, 6.07) is 12.0. The molecule has 0 fully saturated rings. The van der Waals surface area contributed by atoms with Crippen molar-refractivity contribution in [3.8, 4) is 5.75 Å². The predicted molar refractivity (Wildman–Crippen MR) is 133 cm³/mol. The number of ether oxygens (including phenoxy) is 2. The molecule has 0 saturated carbocycles. The molecule has 0 unspecified atom stereocenters. The molecule has 2 amide bonds. The van der Waals surface area contributed by atoms with Crippen molar-refractivity contribution in [2.45, 2.75) is 20.3 Å². The smallest absolute Gasteiger partial charge is 0.257 e. The highest BCUT2D eigenvalue weighted by atomic mass is 79.9. The van der Waals surface area contributed by atoms with Crippen molar-refractivity contribution in [1.29, 1.82) is 0 Å². The Bertz CT molecular complexity index is 953. The monoisotopic (exact) mass is 521 g/mol. The lowest BCUT2D eigenvalue weighted by molar-refractivity contribution is 0.0947. The van der Waals surface area contributed by atoms with Gasteiger partial charge in [-0.15, -0.1) is 0 Å². The highest BCUT2D eigenvalue weighted by Crippen LogP contribution is 2.26. The molecule has 0 saturated heterocycles. The van der Waals surface area contributed by atoms with E-state index in [9.17, 15) is 9.59 Å². The zero-order valence-electron chi connectivity index (χ0n) is 18.4. The molecule has 2 aromatic carbocycles. The van der Waals surface area contributed by atoms with E-state index < -0.39 is 0 Å². The zero-order valence-corrected chi connectivity index (χ0v) is 20.8. The Labute approximate surface area is 202 Å². The lowest BCUT2D eigenvalue weighted by Crippen LogP contribution is -2.35. The second-order valence-electron chi connectivity index (χ2n) is 7.41. The fourth-order valence-corrected chi connectivity index (χ4v) is 3.34. The number of thiocarbonyl (C=S) groups is 1. The minimum atomic E-state index is -0.375. The van der Waals surface area contributed by atoms with Gasteiger partial charge in [-0.2, -0.15) is 0 Å². The van der Waals surface area contributed by atoms with Crippen molar-refractivity contribution >= 4 is 50.8 Å². The quantitative estimate of drug-likeness (QED) is 0.317. The topological polar surface area (TPSA) is 88.7 Å². The summed E-state index contributed by atoms with van der Waals surface area (Å²) in [7, 11) is 1.62.